The number of aromatic nitrogens is 1. The Bertz CT molecular complexity index is 987. The molecule has 7 atom stereocenters. The van der Waals surface area contributed by atoms with Crippen molar-refractivity contribution >= 4 is 35.4 Å². The van der Waals surface area contributed by atoms with Crippen molar-refractivity contribution in [3.8, 4) is 0 Å². The second-order valence-electron chi connectivity index (χ2n) is 11.4. The lowest BCUT2D eigenvalue weighted by molar-refractivity contribution is -0.134. The first-order valence-corrected chi connectivity index (χ1v) is 19.0. The van der Waals surface area contributed by atoms with Crippen molar-refractivity contribution in [3.63, 3.8) is 0 Å². The standard InChI is InChI=1S/C21H29N3O3S.C13H29NOS.C2H6/c1-5-8-16(6-2)13-17(21-22-10-12-28-21)23-20(26)15(3)19(27-4)18-9-7-11-24(18)14-25;1-7-11(3)13(12(8-2)15-5)14(4)9-10-16-6;1-2/h5-6,8,10,12,14-15,17-19H,1-2,7,9,11,13H2,3-4H3,(H,23,26);11-13H,7-10H2,1-6H3;1-2H3/b16-8+;;. The first-order valence-electron chi connectivity index (χ1n) is 16.8. The fourth-order valence-corrected chi connectivity index (χ4v) is 7.08. The van der Waals surface area contributed by atoms with Crippen LogP contribution in [0.5, 0.6) is 0 Å². The van der Waals surface area contributed by atoms with Gasteiger partial charge in [-0.05, 0) is 50.5 Å². The number of carbonyl (C=O) groups is 2. The largest absolute Gasteiger partial charge is 0.380 e. The molecule has 0 spiro atoms. The third-order valence-corrected chi connectivity index (χ3v) is 10.1. The minimum atomic E-state index is -0.409. The number of nitrogens with zero attached hydrogens (tertiary/aromatic N) is 3. The Kier molecular flexibility index (Phi) is 24.9. The van der Waals surface area contributed by atoms with Crippen molar-refractivity contribution < 1.29 is 19.1 Å². The molecule has 0 saturated carbocycles. The minimum absolute atomic E-state index is 0.0778. The predicted molar refractivity (Wildman–Crippen MR) is 199 cm³/mol. The zero-order chi connectivity index (χ0) is 35.1. The van der Waals surface area contributed by atoms with E-state index in [0.717, 1.165) is 42.8 Å². The summed E-state index contributed by atoms with van der Waals surface area (Å²) in [6.45, 7) is 22.1. The molecule has 1 aromatic rings. The van der Waals surface area contributed by atoms with Gasteiger partial charge in [0.15, 0.2) is 0 Å². The molecule has 1 saturated heterocycles. The summed E-state index contributed by atoms with van der Waals surface area (Å²) in [6.07, 6.45) is 14.7. The van der Waals surface area contributed by atoms with Gasteiger partial charge in [0, 0.05) is 50.7 Å². The summed E-state index contributed by atoms with van der Waals surface area (Å²) in [4.78, 5) is 32.9. The van der Waals surface area contributed by atoms with Crippen LogP contribution in [0.25, 0.3) is 0 Å². The van der Waals surface area contributed by atoms with Gasteiger partial charge in [-0.2, -0.15) is 11.8 Å². The monoisotopic (exact) mass is 680 g/mol. The number of ether oxygens (including phenoxy) is 2. The van der Waals surface area contributed by atoms with E-state index in [0.29, 0.717) is 31.0 Å². The molecule has 2 rings (SSSR count). The van der Waals surface area contributed by atoms with Gasteiger partial charge in [-0.15, -0.1) is 11.3 Å². The van der Waals surface area contributed by atoms with Crippen LogP contribution in [-0.4, -0.2) is 97.8 Å². The van der Waals surface area contributed by atoms with Crippen molar-refractivity contribution in [1.29, 1.82) is 0 Å². The van der Waals surface area contributed by atoms with E-state index in [-0.39, 0.29) is 24.1 Å². The topological polar surface area (TPSA) is 84.0 Å². The van der Waals surface area contributed by atoms with E-state index < -0.39 is 5.92 Å². The average Bonchev–Trinajstić information content (AvgIpc) is 3.79. The van der Waals surface area contributed by atoms with Gasteiger partial charge >= 0.3 is 0 Å². The van der Waals surface area contributed by atoms with E-state index in [2.05, 4.69) is 62.4 Å². The summed E-state index contributed by atoms with van der Waals surface area (Å²) < 4.78 is 11.3. The first kappa shape index (κ1) is 44.0. The molecule has 0 aliphatic carbocycles. The Morgan fingerprint density at radius 1 is 1.24 bits per heavy atom. The second-order valence-corrected chi connectivity index (χ2v) is 13.3. The van der Waals surface area contributed by atoms with Gasteiger partial charge in [0.25, 0.3) is 0 Å². The number of likely N-dealkylation sites (tertiary alicyclic amines) is 1. The fourth-order valence-electron chi connectivity index (χ4n) is 5.92. The SMILES string of the molecule is C=C/C=C(\C=C)CC(NC(=O)C(C)C(OC)C1CCCN1C=O)c1nccs1.CC.CCC(C)C(C(CC)OC)N(C)CCSC. The maximum absolute atomic E-state index is 13.0. The zero-order valence-electron chi connectivity index (χ0n) is 30.4. The number of allylic oxidation sites excluding steroid dienone is 3. The number of hydrogen-bond donors (Lipinski definition) is 1. The van der Waals surface area contributed by atoms with Gasteiger partial charge in [-0.1, -0.05) is 79.3 Å². The van der Waals surface area contributed by atoms with Crippen LogP contribution in [0, 0.1) is 11.8 Å². The highest BCUT2D eigenvalue weighted by Gasteiger charge is 2.38. The molecule has 7 unspecified atom stereocenters. The summed E-state index contributed by atoms with van der Waals surface area (Å²) in [7, 11) is 5.66. The highest BCUT2D eigenvalue weighted by atomic mass is 32.2. The van der Waals surface area contributed by atoms with Crippen LogP contribution in [0.15, 0.2) is 48.5 Å². The summed E-state index contributed by atoms with van der Waals surface area (Å²) >= 11 is 3.41. The molecule has 0 aromatic carbocycles. The molecule has 10 heteroatoms. The van der Waals surface area contributed by atoms with Gasteiger partial charge in [0.05, 0.1) is 30.2 Å². The van der Waals surface area contributed by atoms with Gasteiger partial charge in [0.1, 0.15) is 5.01 Å². The molecule has 8 nitrogen and oxygen atoms in total. The molecule has 0 radical (unpaired) electrons. The number of amides is 2. The predicted octanol–water partition coefficient (Wildman–Crippen LogP) is 7.41. The van der Waals surface area contributed by atoms with E-state index in [4.69, 9.17) is 9.47 Å². The molecular formula is C36H64N4O4S2. The molecule has 1 aromatic heterocycles. The van der Waals surface area contributed by atoms with Crippen molar-refractivity contribution in [2.45, 2.75) is 104 Å². The highest BCUT2D eigenvalue weighted by molar-refractivity contribution is 7.98. The lowest BCUT2D eigenvalue weighted by Gasteiger charge is -2.37. The van der Waals surface area contributed by atoms with Crippen molar-refractivity contribution in [2.75, 3.05) is 46.4 Å². The van der Waals surface area contributed by atoms with Crippen molar-refractivity contribution in [1.82, 2.24) is 20.1 Å². The summed E-state index contributed by atoms with van der Waals surface area (Å²) in [5.74, 6) is 1.36. The number of hydrogen-bond acceptors (Lipinski definition) is 8. The Morgan fingerprint density at radius 3 is 2.41 bits per heavy atom. The number of rotatable bonds is 20. The van der Waals surface area contributed by atoms with Crippen LogP contribution < -0.4 is 5.32 Å². The summed E-state index contributed by atoms with van der Waals surface area (Å²) in [6, 6.07) is 0.209. The molecule has 2 amide bonds. The molecule has 264 valence electrons. The maximum atomic E-state index is 13.0. The molecule has 1 aliphatic rings. The van der Waals surface area contributed by atoms with Crippen LogP contribution in [0.1, 0.15) is 84.7 Å². The average molecular weight is 681 g/mol. The molecule has 1 N–H and O–H groups in total. The number of methoxy groups -OCH3 is 2. The van der Waals surface area contributed by atoms with Gasteiger partial charge in [0.2, 0.25) is 12.3 Å². The van der Waals surface area contributed by atoms with Crippen molar-refractivity contribution in [3.05, 3.63) is 53.5 Å². The van der Waals surface area contributed by atoms with E-state index >= 15 is 0 Å². The molecule has 1 aliphatic heterocycles. The zero-order valence-corrected chi connectivity index (χ0v) is 32.0. The normalized spacial score (nSPS) is 18.5. The molecule has 2 heterocycles. The van der Waals surface area contributed by atoms with Gasteiger partial charge in [-0.3, -0.25) is 14.5 Å². The van der Waals surface area contributed by atoms with Crippen LogP contribution in [0.3, 0.4) is 0 Å². The molecule has 0 bridgehead atoms. The third kappa shape index (κ3) is 14.4. The Balaban J connectivity index is 0.000000960. The number of likely N-dealkylation sites (N-methyl/N-ethyl adjacent to an activating group) is 1. The van der Waals surface area contributed by atoms with Crippen LogP contribution in [-0.2, 0) is 19.1 Å². The summed E-state index contributed by atoms with van der Waals surface area (Å²) in [5.41, 5.74) is 0.967. The lowest BCUT2D eigenvalue weighted by atomic mass is 9.91. The summed E-state index contributed by atoms with van der Waals surface area (Å²) in [5, 5.41) is 5.84. The molecule has 46 heavy (non-hydrogen) atoms. The quantitative estimate of drug-likeness (QED) is 0.113. The van der Waals surface area contributed by atoms with Crippen LogP contribution in [0.4, 0.5) is 0 Å². The number of carbonyl (C=O) groups excluding carboxylic acids is 2. The molecular weight excluding hydrogens is 617 g/mol. The Labute approximate surface area is 289 Å². The Hall–Kier alpha value is -1.98. The minimum Gasteiger partial charge on any atom is -0.380 e. The second kappa shape index (κ2) is 26.0. The Morgan fingerprint density at radius 2 is 1.93 bits per heavy atom. The number of nitrogens with one attached hydrogen (secondary N) is 1. The van der Waals surface area contributed by atoms with E-state index in [1.165, 1.54) is 23.5 Å². The lowest BCUT2D eigenvalue weighted by Crippen LogP contribution is -2.48. The van der Waals surface area contributed by atoms with Crippen LogP contribution >= 0.6 is 23.1 Å². The van der Waals surface area contributed by atoms with E-state index in [1.807, 2.05) is 51.1 Å². The molecule has 1 fully saturated rings. The van der Waals surface area contributed by atoms with Gasteiger partial charge < -0.3 is 19.7 Å². The van der Waals surface area contributed by atoms with E-state index in [1.54, 1.807) is 30.4 Å². The van der Waals surface area contributed by atoms with Crippen molar-refractivity contribution in [2.24, 2.45) is 11.8 Å². The van der Waals surface area contributed by atoms with E-state index in [9.17, 15) is 9.59 Å². The third-order valence-electron chi connectivity index (χ3n) is 8.61. The highest BCUT2D eigenvalue weighted by Crippen LogP contribution is 2.28. The smallest absolute Gasteiger partial charge is 0.226 e. The van der Waals surface area contributed by atoms with Crippen LogP contribution in [0.2, 0.25) is 0 Å². The first-order chi connectivity index (χ1) is 22.2. The number of thiazole rings is 1. The fraction of sp³-hybridized carbons (Fsp3) is 0.694. The van der Waals surface area contributed by atoms with Gasteiger partial charge in [-0.25, -0.2) is 4.98 Å². The number of thioether (sulfide) groups is 1. The maximum Gasteiger partial charge on any atom is 0.226 e.